The third kappa shape index (κ3) is 4.93. The van der Waals surface area contributed by atoms with Crippen LogP contribution in [0.25, 0.3) is 0 Å². The van der Waals surface area contributed by atoms with Gasteiger partial charge in [0.25, 0.3) is 5.91 Å². The van der Waals surface area contributed by atoms with Gasteiger partial charge in [0.1, 0.15) is 5.76 Å². The van der Waals surface area contributed by atoms with Gasteiger partial charge in [-0.15, -0.1) is 0 Å². The Morgan fingerprint density at radius 2 is 1.71 bits per heavy atom. The fraction of sp³-hybridized carbons (Fsp3) is 0.381. The first-order valence-corrected chi connectivity index (χ1v) is 10.8. The summed E-state index contributed by atoms with van der Waals surface area (Å²) in [5.41, 5.74) is 2.76. The molecule has 1 aromatic heterocycles. The Hall–Kier alpha value is -2.90. The van der Waals surface area contributed by atoms with Gasteiger partial charge >= 0.3 is 23.9 Å². The minimum atomic E-state index is -6.66. The number of nitrogens with zero attached hydrogens (tertiary/aromatic N) is 1. The van der Waals surface area contributed by atoms with Gasteiger partial charge in [0, 0.05) is 22.0 Å². The molecule has 35 heavy (non-hydrogen) atoms. The zero-order chi connectivity index (χ0) is 26.3. The van der Waals surface area contributed by atoms with Crippen molar-refractivity contribution in [3.63, 3.8) is 0 Å². The molecule has 2 aromatic rings. The average molecular weight is 572 g/mol. The summed E-state index contributed by atoms with van der Waals surface area (Å²) in [4.78, 5) is 24.3. The lowest BCUT2D eigenvalue weighted by Crippen LogP contribution is -2.58. The lowest BCUT2D eigenvalue weighted by atomic mass is 9.93. The highest BCUT2D eigenvalue weighted by Crippen LogP contribution is 2.46. The van der Waals surface area contributed by atoms with E-state index in [0.29, 0.717) is 23.0 Å². The number of benzene rings is 1. The number of fused-ring (bicyclic) bond motifs is 1. The van der Waals surface area contributed by atoms with E-state index in [4.69, 9.17) is 4.42 Å². The monoisotopic (exact) mass is 571 g/mol. The number of rotatable bonds is 5. The second kappa shape index (κ2) is 9.28. The summed E-state index contributed by atoms with van der Waals surface area (Å²) in [6.07, 6.45) is -5.96. The summed E-state index contributed by atoms with van der Waals surface area (Å²) in [6.45, 7) is 3.30. The summed E-state index contributed by atoms with van der Waals surface area (Å²) in [5, 5.41) is 6.01. The maximum absolute atomic E-state index is 13.6. The molecule has 2 amide bonds. The third-order valence-electron chi connectivity index (χ3n) is 5.23. The van der Waals surface area contributed by atoms with E-state index in [1.807, 2.05) is 6.92 Å². The minimum absolute atomic E-state index is 0.0550. The average Bonchev–Trinajstić information content (AvgIpc) is 3.10. The molecule has 0 aliphatic heterocycles. The van der Waals surface area contributed by atoms with Gasteiger partial charge in [-0.2, -0.15) is 35.8 Å². The molecule has 2 N–H and O–H groups in total. The number of halogens is 8. The molecular formula is C21H17BrF7N3O3. The molecule has 0 atom stereocenters. The van der Waals surface area contributed by atoms with Crippen LogP contribution < -0.4 is 10.7 Å². The van der Waals surface area contributed by atoms with Crippen molar-refractivity contribution >= 4 is 39.1 Å². The number of amides is 2. The van der Waals surface area contributed by atoms with Crippen molar-refractivity contribution in [3.05, 3.63) is 50.9 Å². The van der Waals surface area contributed by atoms with Crippen molar-refractivity contribution in [1.82, 2.24) is 5.43 Å². The van der Waals surface area contributed by atoms with E-state index in [9.17, 15) is 40.3 Å². The van der Waals surface area contributed by atoms with Crippen molar-refractivity contribution in [2.75, 3.05) is 5.32 Å². The summed E-state index contributed by atoms with van der Waals surface area (Å²) in [6, 6.07) is 5.17. The van der Waals surface area contributed by atoms with Crippen molar-refractivity contribution in [2.24, 2.45) is 5.10 Å². The van der Waals surface area contributed by atoms with Gasteiger partial charge in [0.15, 0.2) is 5.76 Å². The van der Waals surface area contributed by atoms with Crippen LogP contribution in [-0.4, -0.2) is 35.5 Å². The first kappa shape index (κ1) is 26.7. The van der Waals surface area contributed by atoms with Crippen LogP contribution in [0, 0.1) is 13.8 Å². The number of nitrogens with one attached hydrogen (secondary N) is 2. The van der Waals surface area contributed by atoms with Crippen LogP contribution in [0.15, 0.2) is 32.2 Å². The van der Waals surface area contributed by atoms with Crippen LogP contribution in [0.1, 0.15) is 45.8 Å². The Balaban J connectivity index is 1.86. The van der Waals surface area contributed by atoms with Gasteiger partial charge in [-0.25, -0.2) is 5.43 Å². The van der Waals surface area contributed by atoms with Crippen molar-refractivity contribution in [1.29, 1.82) is 0 Å². The quantitative estimate of drug-likeness (QED) is 0.346. The predicted octanol–water partition coefficient (Wildman–Crippen LogP) is 5.90. The van der Waals surface area contributed by atoms with E-state index in [1.165, 1.54) is 6.92 Å². The van der Waals surface area contributed by atoms with Crippen LogP contribution >= 0.6 is 15.9 Å². The second-order valence-corrected chi connectivity index (χ2v) is 8.65. The van der Waals surface area contributed by atoms with E-state index < -0.39 is 29.8 Å². The Morgan fingerprint density at radius 3 is 2.31 bits per heavy atom. The normalized spacial score (nSPS) is 15.7. The molecule has 0 saturated carbocycles. The lowest BCUT2D eigenvalue weighted by molar-refractivity contribution is -0.344. The third-order valence-corrected chi connectivity index (χ3v) is 5.89. The lowest BCUT2D eigenvalue weighted by Gasteiger charge is -2.26. The van der Waals surface area contributed by atoms with Crippen LogP contribution in [0.5, 0.6) is 0 Å². The molecule has 0 radical (unpaired) electrons. The SMILES string of the molecule is Cc1ccc(NC(=O)c2oc3c(c2C)/C(=N/NC(=O)C(F)(F)C(F)(F)C(F)(F)F)CCC3)c(Br)c1. The molecule has 1 aromatic carbocycles. The molecule has 0 spiro atoms. The summed E-state index contributed by atoms with van der Waals surface area (Å²) in [5.74, 6) is -16.2. The maximum Gasteiger partial charge on any atom is 0.460 e. The number of hydrogen-bond acceptors (Lipinski definition) is 4. The summed E-state index contributed by atoms with van der Waals surface area (Å²) >= 11 is 3.32. The highest BCUT2D eigenvalue weighted by atomic mass is 79.9. The highest BCUT2D eigenvalue weighted by molar-refractivity contribution is 9.10. The number of alkyl halides is 7. The minimum Gasteiger partial charge on any atom is -0.455 e. The molecule has 0 saturated heterocycles. The zero-order valence-electron chi connectivity index (χ0n) is 18.0. The molecule has 190 valence electrons. The number of hydrazone groups is 1. The summed E-state index contributed by atoms with van der Waals surface area (Å²) < 4.78 is 96.5. The van der Waals surface area contributed by atoms with Crippen molar-refractivity contribution < 1.29 is 44.7 Å². The predicted molar refractivity (Wildman–Crippen MR) is 114 cm³/mol. The number of aryl methyl sites for hydroxylation is 2. The maximum atomic E-state index is 13.6. The first-order valence-electron chi connectivity index (χ1n) is 9.97. The molecule has 1 heterocycles. The number of carbonyl (C=O) groups is 2. The Labute approximate surface area is 202 Å². The van der Waals surface area contributed by atoms with E-state index in [2.05, 4.69) is 26.3 Å². The topological polar surface area (TPSA) is 83.7 Å². The van der Waals surface area contributed by atoms with Gasteiger partial charge in [-0.3, -0.25) is 9.59 Å². The largest absolute Gasteiger partial charge is 0.460 e. The van der Waals surface area contributed by atoms with Crippen LogP contribution in [0.3, 0.4) is 0 Å². The van der Waals surface area contributed by atoms with Gasteiger partial charge in [0.05, 0.1) is 11.4 Å². The van der Waals surface area contributed by atoms with E-state index in [1.54, 1.807) is 18.2 Å². The van der Waals surface area contributed by atoms with E-state index in [-0.39, 0.29) is 34.8 Å². The fourth-order valence-electron chi connectivity index (χ4n) is 3.41. The van der Waals surface area contributed by atoms with Crippen LogP contribution in [-0.2, 0) is 11.2 Å². The summed E-state index contributed by atoms with van der Waals surface area (Å²) in [7, 11) is 0. The van der Waals surface area contributed by atoms with Gasteiger partial charge in [-0.1, -0.05) is 6.07 Å². The molecule has 6 nitrogen and oxygen atoms in total. The molecule has 14 heteroatoms. The Bertz CT molecular complexity index is 1210. The van der Waals surface area contributed by atoms with Crippen LogP contribution in [0.2, 0.25) is 0 Å². The molecule has 1 aliphatic rings. The zero-order valence-corrected chi connectivity index (χ0v) is 19.6. The van der Waals surface area contributed by atoms with E-state index in [0.717, 1.165) is 11.0 Å². The molecule has 3 rings (SSSR count). The molecular weight excluding hydrogens is 555 g/mol. The number of anilines is 1. The molecule has 1 aliphatic carbocycles. The molecule has 0 fully saturated rings. The number of carbonyl (C=O) groups excluding carboxylic acids is 2. The number of hydrogen-bond donors (Lipinski definition) is 2. The Kier molecular flexibility index (Phi) is 7.08. The smallest absolute Gasteiger partial charge is 0.455 e. The van der Waals surface area contributed by atoms with Gasteiger partial charge in [-0.05, 0) is 60.3 Å². The van der Waals surface area contributed by atoms with Gasteiger partial charge in [0.2, 0.25) is 0 Å². The van der Waals surface area contributed by atoms with Crippen molar-refractivity contribution in [3.8, 4) is 0 Å². The van der Waals surface area contributed by atoms with Crippen molar-refractivity contribution in [2.45, 2.75) is 51.1 Å². The number of furan rings is 1. The fourth-order valence-corrected chi connectivity index (χ4v) is 4.00. The Morgan fingerprint density at radius 1 is 1.06 bits per heavy atom. The van der Waals surface area contributed by atoms with Crippen LogP contribution in [0.4, 0.5) is 36.4 Å². The molecule has 0 bridgehead atoms. The standard InChI is InChI=1S/C21H17BrF7N3O3/c1-9-6-7-12(11(22)8-9)30-17(33)16-10(2)15-13(4-3-5-14(15)35-16)31-32-18(34)19(23,24)20(25,26)21(27,28)29/h6-8H,3-5H2,1-2H3,(H,30,33)(H,32,34)/b31-13+. The van der Waals surface area contributed by atoms with E-state index >= 15 is 0 Å². The van der Waals surface area contributed by atoms with Gasteiger partial charge < -0.3 is 9.73 Å². The second-order valence-electron chi connectivity index (χ2n) is 7.79. The highest BCUT2D eigenvalue weighted by Gasteiger charge is 2.76. The first-order chi connectivity index (χ1) is 16.1. The molecule has 0 unspecified atom stereocenters.